The van der Waals surface area contributed by atoms with Gasteiger partial charge in [0, 0.05) is 0 Å². The minimum Gasteiger partial charge on any atom is -0.296 e. The lowest BCUT2D eigenvalue weighted by Gasteiger charge is -1.76. The minimum absolute atomic E-state index is 0.212. The Bertz CT molecular complexity index is 58.6. The molecule has 0 saturated carbocycles. The van der Waals surface area contributed by atoms with Crippen LogP contribution in [0.5, 0.6) is 0 Å². The van der Waals surface area contributed by atoms with Crippen molar-refractivity contribution < 1.29 is 9.50 Å². The molecule has 0 aliphatic heterocycles. The summed E-state index contributed by atoms with van der Waals surface area (Å²) in [5, 5.41) is 9.32. The Kier molecular flexibility index (Phi) is 2.46. The van der Waals surface area contributed by atoms with E-state index in [1.807, 2.05) is 0 Å². The van der Waals surface area contributed by atoms with Gasteiger partial charge in [-0.2, -0.15) is 0 Å². The Labute approximate surface area is 36.1 Å². The summed E-state index contributed by atoms with van der Waals surface area (Å²) in [6.45, 7) is 1.59. The average molecular weight is 89.1 g/mol. The molecule has 1 radical (unpaired) electrons. The Morgan fingerprint density at radius 2 is 2.50 bits per heavy atom. The molecule has 0 heterocycles. The Morgan fingerprint density at radius 1 is 2.00 bits per heavy atom. The Hall–Kier alpha value is -0.530. The van der Waals surface area contributed by atoms with Gasteiger partial charge in [-0.1, -0.05) is 6.92 Å². The lowest BCUT2D eigenvalue weighted by molar-refractivity contribution is 0.330. The molecule has 0 unspecified atom stereocenters. The number of rotatable bonds is 1. The van der Waals surface area contributed by atoms with Gasteiger partial charge in [-0.25, -0.2) is 4.39 Å². The van der Waals surface area contributed by atoms with Crippen LogP contribution in [0.25, 0.3) is 0 Å². The highest BCUT2D eigenvalue weighted by atomic mass is 19.1. The third-order valence-electron chi connectivity index (χ3n) is 0.466. The summed E-state index contributed by atoms with van der Waals surface area (Å²) in [6.07, 6.45) is 0.434. The number of allylic oxidation sites excluding steroid dienone is 1. The summed E-state index contributed by atoms with van der Waals surface area (Å²) in [5.74, 6) is -0.588. The van der Waals surface area contributed by atoms with Crippen molar-refractivity contribution in [2.75, 3.05) is 0 Å². The van der Waals surface area contributed by atoms with Gasteiger partial charge in [-0.3, -0.25) is 5.11 Å². The normalized spacial score (nSPS) is 12.0. The molecule has 0 saturated heterocycles. The quantitative estimate of drug-likeness (QED) is 0.435. The van der Waals surface area contributed by atoms with Crippen LogP contribution in [0.2, 0.25) is 0 Å². The van der Waals surface area contributed by atoms with Crippen LogP contribution in [0.1, 0.15) is 13.3 Å². The van der Waals surface area contributed by atoms with Crippen LogP contribution in [-0.2, 0) is 5.11 Å². The van der Waals surface area contributed by atoms with Crippen LogP contribution in [0, 0.1) is 0 Å². The molecule has 0 amide bonds. The molecule has 0 aromatic heterocycles. The fourth-order valence-corrected chi connectivity index (χ4v) is 0.0833. The summed E-state index contributed by atoms with van der Waals surface area (Å²) in [4.78, 5) is 0. The van der Waals surface area contributed by atoms with Crippen LogP contribution in [0.3, 0.4) is 0 Å². The molecule has 0 aromatic carbocycles. The number of halogens is 1. The molecule has 0 rings (SSSR count). The van der Waals surface area contributed by atoms with Crippen molar-refractivity contribution in [3.63, 3.8) is 0 Å². The van der Waals surface area contributed by atoms with E-state index in [0.29, 0.717) is 0 Å². The van der Waals surface area contributed by atoms with Gasteiger partial charge < -0.3 is 0 Å². The lowest BCUT2D eigenvalue weighted by atomic mass is 10.4. The van der Waals surface area contributed by atoms with Crippen LogP contribution in [0.15, 0.2) is 12.1 Å². The van der Waals surface area contributed by atoms with Crippen molar-refractivity contribution in [3.05, 3.63) is 12.1 Å². The maximum absolute atomic E-state index is 11.4. The molecule has 0 fully saturated rings. The van der Waals surface area contributed by atoms with Crippen LogP contribution >= 0.6 is 0 Å². The van der Waals surface area contributed by atoms with Gasteiger partial charge in [0.05, 0.1) is 0 Å². The third kappa shape index (κ3) is 1.76. The molecular weight excluding hydrogens is 83.0 g/mol. The maximum atomic E-state index is 11.4. The second-order valence-corrected chi connectivity index (χ2v) is 0.918. The second-order valence-electron chi connectivity index (χ2n) is 0.918. The molecule has 0 aliphatic rings. The van der Waals surface area contributed by atoms with Gasteiger partial charge in [0.15, 0.2) is 6.26 Å². The Balaban J connectivity index is 3.22. The van der Waals surface area contributed by atoms with Crippen LogP contribution in [0.4, 0.5) is 4.39 Å². The van der Waals surface area contributed by atoms with Gasteiger partial charge in [0.1, 0.15) is 5.83 Å². The first kappa shape index (κ1) is 5.47. The molecule has 0 spiro atoms. The molecule has 0 aromatic rings. The summed E-state index contributed by atoms with van der Waals surface area (Å²) < 4.78 is 11.4. The zero-order valence-corrected chi connectivity index (χ0v) is 3.57. The first-order valence-electron chi connectivity index (χ1n) is 1.77. The lowest BCUT2D eigenvalue weighted by Crippen LogP contribution is -1.62. The minimum atomic E-state index is -0.588. The highest BCUT2D eigenvalue weighted by molar-refractivity contribution is 4.80. The molecule has 0 bridgehead atoms. The van der Waals surface area contributed by atoms with E-state index in [1.54, 1.807) is 6.92 Å². The summed E-state index contributed by atoms with van der Waals surface area (Å²) in [5.41, 5.74) is 0. The highest BCUT2D eigenvalue weighted by Gasteiger charge is 1.83. The molecule has 6 heavy (non-hydrogen) atoms. The van der Waals surface area contributed by atoms with Gasteiger partial charge in [0.2, 0.25) is 0 Å². The first-order valence-corrected chi connectivity index (χ1v) is 1.77. The standard InChI is InChI=1S/C4H6FO/c1-2-4(5)3-6/h3H,2H2,1H3/b4-3-. The zero-order chi connectivity index (χ0) is 4.99. The van der Waals surface area contributed by atoms with Crippen LogP contribution in [-0.4, -0.2) is 0 Å². The van der Waals surface area contributed by atoms with E-state index in [4.69, 9.17) is 0 Å². The average Bonchev–Trinajstić information content (AvgIpc) is 1.65. The summed E-state index contributed by atoms with van der Waals surface area (Å²) in [7, 11) is 0. The molecular formula is C4H6FO. The summed E-state index contributed by atoms with van der Waals surface area (Å²) in [6, 6.07) is 0. The smallest absolute Gasteiger partial charge is 0.174 e. The van der Waals surface area contributed by atoms with E-state index >= 15 is 0 Å². The third-order valence-corrected chi connectivity index (χ3v) is 0.466. The van der Waals surface area contributed by atoms with Gasteiger partial charge in [0.25, 0.3) is 0 Å². The van der Waals surface area contributed by atoms with Gasteiger partial charge in [-0.15, -0.1) is 0 Å². The van der Waals surface area contributed by atoms with Crippen molar-refractivity contribution in [2.24, 2.45) is 0 Å². The predicted molar refractivity (Wildman–Crippen MR) is 20.2 cm³/mol. The van der Waals surface area contributed by atoms with Gasteiger partial charge >= 0.3 is 0 Å². The first-order chi connectivity index (χ1) is 2.81. The topological polar surface area (TPSA) is 19.9 Å². The number of hydrogen-bond acceptors (Lipinski definition) is 0. The van der Waals surface area contributed by atoms with Crippen molar-refractivity contribution >= 4 is 0 Å². The monoisotopic (exact) mass is 89.0 g/mol. The van der Waals surface area contributed by atoms with Crippen molar-refractivity contribution in [2.45, 2.75) is 13.3 Å². The predicted octanol–water partition coefficient (Wildman–Crippen LogP) is 1.64. The van der Waals surface area contributed by atoms with E-state index in [9.17, 15) is 9.50 Å². The molecule has 2 heteroatoms. The van der Waals surface area contributed by atoms with Crippen molar-refractivity contribution in [1.29, 1.82) is 0 Å². The largest absolute Gasteiger partial charge is 0.296 e. The SMILES string of the molecule is CC/C(F)=C/[O]. The summed E-state index contributed by atoms with van der Waals surface area (Å²) >= 11 is 0. The zero-order valence-electron chi connectivity index (χ0n) is 3.57. The van der Waals surface area contributed by atoms with E-state index in [-0.39, 0.29) is 12.7 Å². The van der Waals surface area contributed by atoms with Crippen LogP contribution < -0.4 is 0 Å². The van der Waals surface area contributed by atoms with Crippen molar-refractivity contribution in [3.8, 4) is 0 Å². The fraction of sp³-hybridized carbons (Fsp3) is 0.500. The number of hydrogen-bond donors (Lipinski definition) is 0. The molecule has 0 atom stereocenters. The van der Waals surface area contributed by atoms with E-state index in [1.165, 1.54) is 0 Å². The molecule has 35 valence electrons. The fourth-order valence-electron chi connectivity index (χ4n) is 0.0833. The van der Waals surface area contributed by atoms with Crippen molar-refractivity contribution in [1.82, 2.24) is 0 Å². The second kappa shape index (κ2) is 2.69. The van der Waals surface area contributed by atoms with E-state index in [2.05, 4.69) is 0 Å². The molecule has 0 N–H and O–H groups in total. The molecule has 1 nitrogen and oxygen atoms in total. The highest BCUT2D eigenvalue weighted by Crippen LogP contribution is 1.97. The van der Waals surface area contributed by atoms with E-state index in [0.717, 1.165) is 0 Å². The van der Waals surface area contributed by atoms with E-state index < -0.39 is 5.83 Å². The maximum Gasteiger partial charge on any atom is 0.174 e. The molecule has 0 aliphatic carbocycles. The Morgan fingerprint density at radius 3 is 2.50 bits per heavy atom. The van der Waals surface area contributed by atoms with Gasteiger partial charge in [-0.05, 0) is 6.42 Å².